The van der Waals surface area contributed by atoms with Crippen LogP contribution in [0.1, 0.15) is 16.2 Å². The van der Waals surface area contributed by atoms with E-state index in [9.17, 15) is 4.79 Å². The van der Waals surface area contributed by atoms with Gasteiger partial charge in [0.1, 0.15) is 16.1 Å². The van der Waals surface area contributed by atoms with Crippen LogP contribution in [0.5, 0.6) is 0 Å². The smallest absolute Gasteiger partial charge is 0.260 e. The van der Waals surface area contributed by atoms with Gasteiger partial charge in [0.25, 0.3) is 5.91 Å². The fourth-order valence-corrected chi connectivity index (χ4v) is 2.10. The van der Waals surface area contributed by atoms with Gasteiger partial charge in [0, 0.05) is 11.5 Å². The molecule has 0 aliphatic heterocycles. The monoisotopic (exact) mass is 288 g/mol. The molecule has 0 radical (unpaired) electrons. The zero-order valence-electron chi connectivity index (χ0n) is 8.57. The highest BCUT2D eigenvalue weighted by molar-refractivity contribution is 7.09. The summed E-state index contributed by atoms with van der Waals surface area (Å²) in [5.41, 5.74) is 0.240. The number of aromatic nitrogens is 3. The number of pyridine rings is 1. The van der Waals surface area contributed by atoms with Gasteiger partial charge in [-0.05, 0) is 19.1 Å². The number of aryl methyl sites for hydroxylation is 1. The summed E-state index contributed by atoms with van der Waals surface area (Å²) in [5, 5.41) is 3.28. The molecule has 88 valence electrons. The van der Waals surface area contributed by atoms with E-state index >= 15 is 0 Å². The van der Waals surface area contributed by atoms with Gasteiger partial charge in [-0.25, -0.2) is 9.97 Å². The van der Waals surface area contributed by atoms with Gasteiger partial charge in [0.2, 0.25) is 5.13 Å². The number of anilines is 1. The van der Waals surface area contributed by atoms with Crippen molar-refractivity contribution in [1.29, 1.82) is 0 Å². The summed E-state index contributed by atoms with van der Waals surface area (Å²) in [6.07, 6.45) is 0. The average Bonchev–Trinajstić information content (AvgIpc) is 2.63. The first-order valence-electron chi connectivity index (χ1n) is 4.50. The van der Waals surface area contributed by atoms with Crippen molar-refractivity contribution in [1.82, 2.24) is 14.3 Å². The molecule has 0 aliphatic rings. The molecule has 0 aliphatic carbocycles. The lowest BCUT2D eigenvalue weighted by atomic mass is 10.3. The summed E-state index contributed by atoms with van der Waals surface area (Å²) in [4.78, 5) is 19.6. The zero-order valence-corrected chi connectivity index (χ0v) is 10.9. The van der Waals surface area contributed by atoms with Crippen LogP contribution >= 0.6 is 34.7 Å². The molecule has 0 fully saturated rings. The first kappa shape index (κ1) is 12.2. The summed E-state index contributed by atoms with van der Waals surface area (Å²) in [6, 6.07) is 2.99. The van der Waals surface area contributed by atoms with E-state index in [1.807, 2.05) is 0 Å². The molecule has 2 aromatic rings. The van der Waals surface area contributed by atoms with Crippen molar-refractivity contribution < 1.29 is 4.79 Å². The Balaban J connectivity index is 2.20. The topological polar surface area (TPSA) is 67.8 Å². The average molecular weight is 289 g/mol. The predicted octanol–water partition coefficient (Wildman–Crippen LogP) is 2.80. The van der Waals surface area contributed by atoms with Gasteiger partial charge in [-0.15, -0.1) is 0 Å². The SMILES string of the molecule is Cc1nsc(NC(=O)c2ccc(Cl)nc2Cl)n1. The lowest BCUT2D eigenvalue weighted by Gasteiger charge is -2.02. The third-order valence-electron chi connectivity index (χ3n) is 1.81. The van der Waals surface area contributed by atoms with Gasteiger partial charge < -0.3 is 0 Å². The third kappa shape index (κ3) is 2.91. The summed E-state index contributed by atoms with van der Waals surface area (Å²) in [6.45, 7) is 1.74. The molecule has 0 bridgehead atoms. The highest BCUT2D eigenvalue weighted by Gasteiger charge is 2.13. The summed E-state index contributed by atoms with van der Waals surface area (Å²) < 4.78 is 3.95. The van der Waals surface area contributed by atoms with Crippen molar-refractivity contribution in [2.45, 2.75) is 6.92 Å². The van der Waals surface area contributed by atoms with Crippen LogP contribution in [-0.4, -0.2) is 20.2 Å². The summed E-state index contributed by atoms with van der Waals surface area (Å²) in [5.74, 6) is 0.209. The van der Waals surface area contributed by atoms with Crippen LogP contribution in [-0.2, 0) is 0 Å². The Morgan fingerprint density at radius 2 is 2.12 bits per heavy atom. The summed E-state index contributed by atoms with van der Waals surface area (Å²) in [7, 11) is 0. The van der Waals surface area contributed by atoms with E-state index in [-0.39, 0.29) is 15.9 Å². The second-order valence-corrected chi connectivity index (χ2v) is 4.57. The maximum absolute atomic E-state index is 11.8. The molecule has 0 atom stereocenters. The molecule has 2 rings (SSSR count). The van der Waals surface area contributed by atoms with Crippen molar-refractivity contribution in [3.05, 3.63) is 33.8 Å². The van der Waals surface area contributed by atoms with Crippen molar-refractivity contribution in [3.8, 4) is 0 Å². The van der Waals surface area contributed by atoms with Gasteiger partial charge in [-0.1, -0.05) is 23.2 Å². The van der Waals surface area contributed by atoms with E-state index < -0.39 is 5.91 Å². The number of hydrogen-bond acceptors (Lipinski definition) is 5. The van der Waals surface area contributed by atoms with Crippen LogP contribution in [0.3, 0.4) is 0 Å². The van der Waals surface area contributed by atoms with E-state index in [4.69, 9.17) is 23.2 Å². The highest BCUT2D eigenvalue weighted by Crippen LogP contribution is 2.18. The molecule has 0 saturated heterocycles. The van der Waals surface area contributed by atoms with Crippen molar-refractivity contribution in [3.63, 3.8) is 0 Å². The van der Waals surface area contributed by atoms with Crippen LogP contribution < -0.4 is 5.32 Å². The Labute approximate surface area is 111 Å². The van der Waals surface area contributed by atoms with Gasteiger partial charge in [0.15, 0.2) is 0 Å². The second kappa shape index (κ2) is 4.95. The van der Waals surface area contributed by atoms with Gasteiger partial charge >= 0.3 is 0 Å². The van der Waals surface area contributed by atoms with E-state index in [2.05, 4.69) is 19.7 Å². The number of carbonyl (C=O) groups is 1. The number of hydrogen-bond donors (Lipinski definition) is 1. The molecule has 0 saturated carbocycles. The van der Waals surface area contributed by atoms with Gasteiger partial charge in [-0.3, -0.25) is 10.1 Å². The van der Waals surface area contributed by atoms with E-state index in [0.717, 1.165) is 11.5 Å². The quantitative estimate of drug-likeness (QED) is 0.863. The van der Waals surface area contributed by atoms with Crippen molar-refractivity contribution in [2.75, 3.05) is 5.32 Å². The lowest BCUT2D eigenvalue weighted by Crippen LogP contribution is -2.12. The number of nitrogens with one attached hydrogen (secondary N) is 1. The number of amides is 1. The zero-order chi connectivity index (χ0) is 12.4. The highest BCUT2D eigenvalue weighted by atomic mass is 35.5. The predicted molar refractivity (Wildman–Crippen MR) is 66.9 cm³/mol. The molecule has 1 amide bonds. The van der Waals surface area contributed by atoms with Crippen molar-refractivity contribution in [2.24, 2.45) is 0 Å². The second-order valence-electron chi connectivity index (χ2n) is 3.07. The maximum atomic E-state index is 11.8. The third-order valence-corrected chi connectivity index (χ3v) is 3.03. The molecule has 17 heavy (non-hydrogen) atoms. The lowest BCUT2D eigenvalue weighted by molar-refractivity contribution is 0.102. The Hall–Kier alpha value is -1.24. The molecule has 0 aromatic carbocycles. The number of rotatable bonds is 2. The Morgan fingerprint density at radius 3 is 2.71 bits per heavy atom. The molecule has 8 heteroatoms. The molecule has 2 heterocycles. The fraction of sp³-hybridized carbons (Fsp3) is 0.111. The van der Waals surface area contributed by atoms with E-state index in [1.165, 1.54) is 12.1 Å². The fourth-order valence-electron chi connectivity index (χ4n) is 1.09. The normalized spacial score (nSPS) is 10.3. The molecule has 0 unspecified atom stereocenters. The van der Waals surface area contributed by atoms with Gasteiger partial charge in [0.05, 0.1) is 5.56 Å². The van der Waals surface area contributed by atoms with Crippen LogP contribution in [0.25, 0.3) is 0 Å². The van der Waals surface area contributed by atoms with E-state index in [1.54, 1.807) is 6.92 Å². The molecular weight excluding hydrogens is 283 g/mol. The number of halogens is 2. The first-order valence-corrected chi connectivity index (χ1v) is 6.03. The maximum Gasteiger partial charge on any atom is 0.260 e. The van der Waals surface area contributed by atoms with Crippen molar-refractivity contribution >= 4 is 45.8 Å². The Morgan fingerprint density at radius 1 is 1.35 bits per heavy atom. The largest absolute Gasteiger partial charge is 0.296 e. The molecule has 1 N–H and O–H groups in total. The number of carbonyl (C=O) groups excluding carboxylic acids is 1. The molecule has 5 nitrogen and oxygen atoms in total. The standard InChI is InChI=1S/C9H6Cl2N4OS/c1-4-12-9(17-15-4)14-8(16)5-2-3-6(10)13-7(5)11/h2-3H,1H3,(H,12,14,15,16). The minimum absolute atomic E-state index is 0.0521. The van der Waals surface area contributed by atoms with Crippen LogP contribution in [0.15, 0.2) is 12.1 Å². The Kier molecular flexibility index (Phi) is 3.56. The van der Waals surface area contributed by atoms with Gasteiger partial charge in [-0.2, -0.15) is 4.37 Å². The van der Waals surface area contributed by atoms with Crippen LogP contribution in [0.4, 0.5) is 5.13 Å². The minimum atomic E-state index is -0.393. The van der Waals surface area contributed by atoms with Crippen LogP contribution in [0, 0.1) is 6.92 Å². The Bertz CT molecular complexity index is 572. The van der Waals surface area contributed by atoms with Crippen LogP contribution in [0.2, 0.25) is 10.3 Å². The number of nitrogens with zero attached hydrogens (tertiary/aromatic N) is 3. The molecule has 0 spiro atoms. The molecule has 2 aromatic heterocycles. The minimum Gasteiger partial charge on any atom is -0.296 e. The summed E-state index contributed by atoms with van der Waals surface area (Å²) >= 11 is 12.5. The molecular formula is C9H6Cl2N4OS. The van der Waals surface area contributed by atoms with E-state index in [0.29, 0.717) is 11.0 Å². The first-order chi connectivity index (χ1) is 8.06.